The van der Waals surface area contributed by atoms with Gasteiger partial charge in [-0.1, -0.05) is 0 Å². The van der Waals surface area contributed by atoms with Gasteiger partial charge in [0, 0.05) is 29.9 Å². The van der Waals surface area contributed by atoms with Crippen LogP contribution in [0.1, 0.15) is 30.8 Å². The highest BCUT2D eigenvalue weighted by molar-refractivity contribution is 7.10. The van der Waals surface area contributed by atoms with Crippen LogP contribution in [0.15, 0.2) is 29.9 Å². The van der Waals surface area contributed by atoms with E-state index in [9.17, 15) is 22.8 Å². The summed E-state index contributed by atoms with van der Waals surface area (Å²) >= 11 is 1.38. The maximum atomic E-state index is 12.6. The van der Waals surface area contributed by atoms with E-state index in [1.54, 1.807) is 19.3 Å². The second-order valence-corrected chi connectivity index (χ2v) is 7.45. The molecular weight excluding hydrogens is 409 g/mol. The first kappa shape index (κ1) is 21.0. The average molecular weight is 428 g/mol. The quantitative estimate of drug-likeness (QED) is 0.788. The van der Waals surface area contributed by atoms with Crippen molar-refractivity contribution in [1.82, 2.24) is 20.2 Å². The molecule has 1 aliphatic heterocycles. The van der Waals surface area contributed by atoms with E-state index in [1.807, 2.05) is 17.5 Å². The van der Waals surface area contributed by atoms with Crippen LogP contribution in [0.25, 0.3) is 11.3 Å². The van der Waals surface area contributed by atoms with Gasteiger partial charge in [0.15, 0.2) is 6.61 Å². The summed E-state index contributed by atoms with van der Waals surface area (Å²) in [6, 6.07) is 2.37. The highest BCUT2D eigenvalue weighted by Gasteiger charge is 2.38. The van der Waals surface area contributed by atoms with Crippen LogP contribution in [0.3, 0.4) is 0 Å². The molecule has 0 saturated carbocycles. The van der Waals surface area contributed by atoms with Gasteiger partial charge in [0.25, 0.3) is 0 Å². The molecule has 0 radical (unpaired) electrons. The minimum atomic E-state index is -4.61. The molecule has 2 atom stereocenters. The third-order valence-electron chi connectivity index (χ3n) is 4.38. The summed E-state index contributed by atoms with van der Waals surface area (Å²) in [7, 11) is 0. The Morgan fingerprint density at radius 1 is 1.38 bits per heavy atom. The topological polar surface area (TPSA) is 84.4 Å². The Morgan fingerprint density at radius 2 is 2.10 bits per heavy atom. The van der Waals surface area contributed by atoms with Gasteiger partial charge in [0.2, 0.25) is 5.91 Å². The lowest BCUT2D eigenvalue weighted by atomic mass is 10.2. The normalized spacial score (nSPS) is 17.8. The van der Waals surface area contributed by atoms with Gasteiger partial charge in [-0.25, -0.2) is 9.78 Å². The summed E-state index contributed by atoms with van der Waals surface area (Å²) in [5.74, 6) is -0.445. The summed E-state index contributed by atoms with van der Waals surface area (Å²) in [6.07, 6.45) is -1.56. The lowest BCUT2D eigenvalue weighted by Crippen LogP contribution is -2.47. The zero-order chi connectivity index (χ0) is 21.0. The Labute approximate surface area is 168 Å². The Hall–Kier alpha value is -2.69. The number of ether oxygens (including phenoxy) is 1. The van der Waals surface area contributed by atoms with E-state index in [0.717, 1.165) is 16.2 Å². The van der Waals surface area contributed by atoms with E-state index in [-0.39, 0.29) is 6.54 Å². The van der Waals surface area contributed by atoms with Gasteiger partial charge in [-0.2, -0.15) is 13.2 Å². The molecule has 1 fully saturated rings. The maximum absolute atomic E-state index is 12.6. The number of hydrogen-bond acceptors (Lipinski definition) is 6. The number of rotatable bonds is 5. The summed E-state index contributed by atoms with van der Waals surface area (Å²) < 4.78 is 41.1. The van der Waals surface area contributed by atoms with Crippen LogP contribution in [0.2, 0.25) is 0 Å². The molecule has 0 aromatic carbocycles. The van der Waals surface area contributed by atoms with E-state index < -0.39 is 36.9 Å². The van der Waals surface area contributed by atoms with Gasteiger partial charge >= 0.3 is 12.3 Å². The van der Waals surface area contributed by atoms with Crippen molar-refractivity contribution in [3.8, 4) is 11.3 Å². The zero-order valence-electron chi connectivity index (χ0n) is 15.5. The van der Waals surface area contributed by atoms with Crippen molar-refractivity contribution in [3.05, 3.63) is 34.9 Å². The summed E-state index contributed by atoms with van der Waals surface area (Å²) in [5.41, 5.74) is 1.65. The number of aromatic nitrogens is 2. The largest absolute Gasteiger partial charge is 0.440 e. The Bertz CT molecular complexity index is 860. The number of nitrogens with one attached hydrogen (secondary N) is 1. The molecule has 1 aliphatic rings. The molecule has 3 heterocycles. The monoisotopic (exact) mass is 428 g/mol. The first-order chi connectivity index (χ1) is 13.7. The third-order valence-corrected chi connectivity index (χ3v) is 5.40. The van der Waals surface area contributed by atoms with Gasteiger partial charge in [0.1, 0.15) is 11.0 Å². The maximum Gasteiger partial charge on any atom is 0.422 e. The Morgan fingerprint density at radius 3 is 2.79 bits per heavy atom. The molecule has 1 saturated heterocycles. The van der Waals surface area contributed by atoms with Gasteiger partial charge in [-0.15, -0.1) is 11.3 Å². The lowest BCUT2D eigenvalue weighted by Gasteiger charge is -2.24. The van der Waals surface area contributed by atoms with Gasteiger partial charge < -0.3 is 10.1 Å². The standard InChI is InChI=1S/C18H19F3N4O3S/c1-11(16-24-13(9-29-16)12-4-6-22-7-5-12)23-15(26)14-3-2-8-25(14)17(27)28-10-18(19,20)21/h4-7,9,11,14H,2-3,8,10H2,1H3,(H,23,26). The van der Waals surface area contributed by atoms with Crippen LogP contribution < -0.4 is 5.32 Å². The molecule has 11 heteroatoms. The molecule has 2 amide bonds. The third kappa shape index (κ3) is 5.43. The molecular formula is C18H19F3N4O3S. The van der Waals surface area contributed by atoms with Crippen LogP contribution in [0.4, 0.5) is 18.0 Å². The molecule has 156 valence electrons. The number of amides is 2. The number of pyridine rings is 1. The van der Waals surface area contributed by atoms with Crippen molar-refractivity contribution in [2.75, 3.05) is 13.2 Å². The van der Waals surface area contributed by atoms with Crippen LogP contribution in [0, 0.1) is 0 Å². The summed E-state index contributed by atoms with van der Waals surface area (Å²) in [4.78, 5) is 34.1. The molecule has 0 spiro atoms. The van der Waals surface area contributed by atoms with Crippen LogP contribution in [0.5, 0.6) is 0 Å². The van der Waals surface area contributed by atoms with Gasteiger partial charge in [-0.05, 0) is 31.9 Å². The number of carbonyl (C=O) groups is 2. The molecule has 2 aromatic heterocycles. The van der Waals surface area contributed by atoms with E-state index in [2.05, 4.69) is 20.0 Å². The molecule has 29 heavy (non-hydrogen) atoms. The summed E-state index contributed by atoms with van der Waals surface area (Å²) in [5, 5.41) is 5.33. The molecule has 2 unspecified atom stereocenters. The van der Waals surface area contributed by atoms with E-state index in [0.29, 0.717) is 17.8 Å². The molecule has 0 bridgehead atoms. The predicted molar refractivity (Wildman–Crippen MR) is 99.0 cm³/mol. The molecule has 2 aromatic rings. The molecule has 7 nitrogen and oxygen atoms in total. The van der Waals surface area contributed by atoms with E-state index in [1.165, 1.54) is 11.3 Å². The number of thiazole rings is 1. The number of alkyl halides is 3. The molecule has 1 N–H and O–H groups in total. The van der Waals surface area contributed by atoms with Crippen molar-refractivity contribution in [3.63, 3.8) is 0 Å². The minimum absolute atomic E-state index is 0.173. The van der Waals surface area contributed by atoms with E-state index >= 15 is 0 Å². The first-order valence-electron chi connectivity index (χ1n) is 8.91. The second kappa shape index (κ2) is 8.76. The molecule has 0 aliphatic carbocycles. The number of carbonyl (C=O) groups excluding carboxylic acids is 2. The number of nitrogens with zero attached hydrogens (tertiary/aromatic N) is 3. The van der Waals surface area contributed by atoms with Gasteiger partial charge in [-0.3, -0.25) is 14.7 Å². The fourth-order valence-electron chi connectivity index (χ4n) is 3.00. The molecule has 3 rings (SSSR count). The van der Waals surface area contributed by atoms with Crippen LogP contribution >= 0.6 is 11.3 Å². The number of hydrogen-bond donors (Lipinski definition) is 1. The fourth-order valence-corrected chi connectivity index (χ4v) is 3.83. The van der Waals surface area contributed by atoms with Crippen molar-refractivity contribution < 1.29 is 27.5 Å². The van der Waals surface area contributed by atoms with Crippen LogP contribution in [-0.2, 0) is 9.53 Å². The Balaban J connectivity index is 1.60. The van der Waals surface area contributed by atoms with Crippen molar-refractivity contribution in [2.45, 2.75) is 38.0 Å². The zero-order valence-corrected chi connectivity index (χ0v) is 16.3. The SMILES string of the molecule is CC(NC(=O)C1CCCN1C(=O)OCC(F)(F)F)c1nc(-c2ccncc2)cs1. The van der Waals surface area contributed by atoms with Crippen molar-refractivity contribution >= 4 is 23.3 Å². The minimum Gasteiger partial charge on any atom is -0.440 e. The number of halogens is 3. The highest BCUT2D eigenvalue weighted by Crippen LogP contribution is 2.26. The Kier molecular flexibility index (Phi) is 6.36. The first-order valence-corrected chi connectivity index (χ1v) is 9.79. The predicted octanol–water partition coefficient (Wildman–Crippen LogP) is 3.55. The smallest absolute Gasteiger partial charge is 0.422 e. The average Bonchev–Trinajstić information content (AvgIpc) is 3.36. The van der Waals surface area contributed by atoms with Gasteiger partial charge in [0.05, 0.1) is 11.7 Å². The van der Waals surface area contributed by atoms with E-state index in [4.69, 9.17) is 0 Å². The second-order valence-electron chi connectivity index (χ2n) is 6.56. The fraction of sp³-hybridized carbons (Fsp3) is 0.444. The van der Waals surface area contributed by atoms with Crippen molar-refractivity contribution in [1.29, 1.82) is 0 Å². The summed E-state index contributed by atoms with van der Waals surface area (Å²) in [6.45, 7) is 0.255. The van der Waals surface area contributed by atoms with Crippen molar-refractivity contribution in [2.24, 2.45) is 0 Å². The number of likely N-dealkylation sites (tertiary alicyclic amines) is 1. The highest BCUT2D eigenvalue weighted by atomic mass is 32.1. The van der Waals surface area contributed by atoms with Crippen LogP contribution in [-0.4, -0.2) is 52.2 Å². The lowest BCUT2D eigenvalue weighted by molar-refractivity contribution is -0.162.